The Morgan fingerprint density at radius 2 is 2.10 bits per heavy atom. The van der Waals surface area contributed by atoms with Crippen LogP contribution in [0.5, 0.6) is 0 Å². The van der Waals surface area contributed by atoms with Gasteiger partial charge in [-0.25, -0.2) is 0 Å². The summed E-state index contributed by atoms with van der Waals surface area (Å²) in [5.74, 6) is 5.46. The van der Waals surface area contributed by atoms with E-state index in [0.29, 0.717) is 18.5 Å². The van der Waals surface area contributed by atoms with Crippen molar-refractivity contribution >= 4 is 0 Å². The maximum atomic E-state index is 12.5. The van der Waals surface area contributed by atoms with Crippen molar-refractivity contribution in [2.45, 2.75) is 25.1 Å². The monoisotopic (exact) mass is 299 g/mol. The number of halogens is 3. The molecule has 8 heteroatoms. The van der Waals surface area contributed by atoms with Crippen molar-refractivity contribution < 1.29 is 13.2 Å². The van der Waals surface area contributed by atoms with Gasteiger partial charge in [0.1, 0.15) is 0 Å². The minimum Gasteiger partial charge on any atom is -0.276 e. The van der Waals surface area contributed by atoms with Crippen LogP contribution in [-0.2, 0) is 19.6 Å². The van der Waals surface area contributed by atoms with Crippen molar-refractivity contribution in [1.82, 2.24) is 20.2 Å². The van der Waals surface area contributed by atoms with Crippen LogP contribution in [0.3, 0.4) is 0 Å². The molecule has 2 aromatic rings. The summed E-state index contributed by atoms with van der Waals surface area (Å²) in [6.45, 7) is 0. The number of pyridine rings is 1. The van der Waals surface area contributed by atoms with E-state index in [2.05, 4.69) is 15.5 Å². The van der Waals surface area contributed by atoms with Crippen LogP contribution < -0.4 is 11.3 Å². The second-order valence-corrected chi connectivity index (χ2v) is 4.75. The van der Waals surface area contributed by atoms with Gasteiger partial charge in [0.25, 0.3) is 0 Å². The van der Waals surface area contributed by atoms with Crippen LogP contribution in [0.25, 0.3) is 0 Å². The van der Waals surface area contributed by atoms with E-state index < -0.39 is 11.7 Å². The van der Waals surface area contributed by atoms with Crippen LogP contribution in [-0.4, -0.2) is 14.8 Å². The Bertz CT molecular complexity index is 576. The summed E-state index contributed by atoms with van der Waals surface area (Å²) in [7, 11) is 1.82. The van der Waals surface area contributed by atoms with Crippen LogP contribution in [0.4, 0.5) is 13.2 Å². The highest BCUT2D eigenvalue weighted by molar-refractivity contribution is 5.19. The molecule has 0 aromatic carbocycles. The van der Waals surface area contributed by atoms with Crippen molar-refractivity contribution in [3.8, 4) is 0 Å². The molecule has 114 valence electrons. The lowest BCUT2D eigenvalue weighted by molar-refractivity contribution is -0.137. The third-order valence-electron chi connectivity index (χ3n) is 3.15. The number of hydrogen-bond donors (Lipinski definition) is 2. The lowest BCUT2D eigenvalue weighted by Gasteiger charge is -2.15. The van der Waals surface area contributed by atoms with Crippen molar-refractivity contribution in [2.24, 2.45) is 12.9 Å². The highest BCUT2D eigenvalue weighted by Gasteiger charge is 2.30. The molecule has 0 fully saturated rings. The fourth-order valence-electron chi connectivity index (χ4n) is 2.01. The highest BCUT2D eigenvalue weighted by Crippen LogP contribution is 2.29. The molecular formula is C13H16F3N5. The van der Waals surface area contributed by atoms with E-state index in [0.717, 1.165) is 17.8 Å². The van der Waals surface area contributed by atoms with Gasteiger partial charge in [-0.1, -0.05) is 0 Å². The van der Waals surface area contributed by atoms with Crippen molar-refractivity contribution in [3.05, 3.63) is 47.5 Å². The second-order valence-electron chi connectivity index (χ2n) is 4.75. The number of alkyl halides is 3. The van der Waals surface area contributed by atoms with Crippen LogP contribution in [0, 0.1) is 0 Å². The average molecular weight is 299 g/mol. The largest absolute Gasteiger partial charge is 0.417 e. The lowest BCUT2D eigenvalue weighted by atomic mass is 10.0. The molecule has 0 amide bonds. The molecule has 0 aliphatic rings. The predicted molar refractivity (Wildman–Crippen MR) is 70.8 cm³/mol. The van der Waals surface area contributed by atoms with Gasteiger partial charge in [0.05, 0.1) is 23.5 Å². The third kappa shape index (κ3) is 4.02. The Morgan fingerprint density at radius 1 is 1.33 bits per heavy atom. The molecule has 0 radical (unpaired) electrons. The summed E-state index contributed by atoms with van der Waals surface area (Å²) in [5, 5.41) is 4.06. The summed E-state index contributed by atoms with van der Waals surface area (Å²) < 4.78 is 39.1. The minimum absolute atomic E-state index is 0.313. The Morgan fingerprint density at radius 3 is 2.57 bits per heavy atom. The molecule has 0 saturated heterocycles. The highest BCUT2D eigenvalue weighted by atomic mass is 19.4. The van der Waals surface area contributed by atoms with E-state index in [1.807, 2.05) is 13.2 Å². The third-order valence-corrected chi connectivity index (χ3v) is 3.15. The second kappa shape index (κ2) is 6.23. The van der Waals surface area contributed by atoms with E-state index in [4.69, 9.17) is 5.84 Å². The number of aromatic nitrogens is 3. The SMILES string of the molecule is Cn1cc(CCC(NN)c2ccc(C(F)(F)F)cn2)cn1. The van der Waals surface area contributed by atoms with Gasteiger partial charge in [-0.2, -0.15) is 18.3 Å². The first-order valence-corrected chi connectivity index (χ1v) is 6.37. The maximum Gasteiger partial charge on any atom is 0.417 e. The number of nitrogens with zero attached hydrogens (tertiary/aromatic N) is 3. The molecular weight excluding hydrogens is 283 g/mol. The van der Waals surface area contributed by atoms with Gasteiger partial charge in [-0.3, -0.25) is 20.9 Å². The van der Waals surface area contributed by atoms with Crippen molar-refractivity contribution in [2.75, 3.05) is 0 Å². The first-order chi connectivity index (χ1) is 9.90. The van der Waals surface area contributed by atoms with Crippen LogP contribution in [0.1, 0.15) is 29.3 Å². The molecule has 1 atom stereocenters. The van der Waals surface area contributed by atoms with Gasteiger partial charge < -0.3 is 0 Å². The van der Waals surface area contributed by atoms with Gasteiger partial charge in [-0.05, 0) is 30.5 Å². The van der Waals surface area contributed by atoms with Crippen molar-refractivity contribution in [1.29, 1.82) is 0 Å². The van der Waals surface area contributed by atoms with E-state index in [-0.39, 0.29) is 6.04 Å². The standard InChI is InChI=1S/C13H16F3N5/c1-21-8-9(6-19-21)2-4-12(20-17)11-5-3-10(7-18-11)13(14,15)16/h3,5-8,12,20H,2,4,17H2,1H3. The first kappa shape index (κ1) is 15.5. The smallest absolute Gasteiger partial charge is 0.276 e. The molecule has 21 heavy (non-hydrogen) atoms. The lowest BCUT2D eigenvalue weighted by Crippen LogP contribution is -2.29. The first-order valence-electron chi connectivity index (χ1n) is 6.37. The zero-order valence-corrected chi connectivity index (χ0v) is 11.4. The fourth-order valence-corrected chi connectivity index (χ4v) is 2.01. The number of hydrogen-bond acceptors (Lipinski definition) is 4. The number of rotatable bonds is 5. The van der Waals surface area contributed by atoms with E-state index in [9.17, 15) is 13.2 Å². The van der Waals surface area contributed by atoms with E-state index >= 15 is 0 Å². The zero-order valence-electron chi connectivity index (χ0n) is 11.4. The molecule has 0 spiro atoms. The Balaban J connectivity index is 2.03. The van der Waals surface area contributed by atoms with Gasteiger partial charge in [0.15, 0.2) is 0 Å². The summed E-state index contributed by atoms with van der Waals surface area (Å²) in [4.78, 5) is 3.85. The topological polar surface area (TPSA) is 68.8 Å². The quantitative estimate of drug-likeness (QED) is 0.654. The number of nitrogens with one attached hydrogen (secondary N) is 1. The summed E-state index contributed by atoms with van der Waals surface area (Å²) >= 11 is 0. The van der Waals surface area contributed by atoms with Gasteiger partial charge >= 0.3 is 6.18 Å². The van der Waals surface area contributed by atoms with Crippen molar-refractivity contribution in [3.63, 3.8) is 0 Å². The number of aryl methyl sites for hydroxylation is 2. The van der Waals surface area contributed by atoms with E-state index in [1.54, 1.807) is 10.9 Å². The molecule has 0 saturated carbocycles. The maximum absolute atomic E-state index is 12.5. The summed E-state index contributed by atoms with van der Waals surface area (Å²) in [6.07, 6.45) is 1.38. The fraction of sp³-hybridized carbons (Fsp3) is 0.385. The van der Waals surface area contributed by atoms with Crippen LogP contribution in [0.2, 0.25) is 0 Å². The van der Waals surface area contributed by atoms with Gasteiger partial charge in [-0.15, -0.1) is 0 Å². The van der Waals surface area contributed by atoms with Gasteiger partial charge in [0.2, 0.25) is 0 Å². The molecule has 2 aromatic heterocycles. The molecule has 0 aliphatic heterocycles. The molecule has 5 nitrogen and oxygen atoms in total. The molecule has 2 rings (SSSR count). The van der Waals surface area contributed by atoms with E-state index in [1.165, 1.54) is 6.07 Å². The number of hydrazine groups is 1. The molecule has 2 heterocycles. The van der Waals surface area contributed by atoms with Gasteiger partial charge in [0, 0.05) is 19.4 Å². The Labute approximate surface area is 119 Å². The zero-order chi connectivity index (χ0) is 15.5. The molecule has 1 unspecified atom stereocenters. The number of nitrogens with two attached hydrogens (primary N) is 1. The normalized spacial score (nSPS) is 13.4. The van der Waals surface area contributed by atoms with Crippen LogP contribution in [0.15, 0.2) is 30.7 Å². The predicted octanol–water partition coefficient (Wildman–Crippen LogP) is 1.97. The summed E-state index contributed by atoms with van der Waals surface area (Å²) in [5.41, 5.74) is 3.33. The molecule has 0 aliphatic carbocycles. The summed E-state index contributed by atoms with van der Waals surface area (Å²) in [6, 6.07) is 2.04. The van der Waals surface area contributed by atoms with Crippen LogP contribution >= 0.6 is 0 Å². The molecule has 0 bridgehead atoms. The Kier molecular flexibility index (Phi) is 4.59. The Hall–Kier alpha value is -1.93. The average Bonchev–Trinajstić information content (AvgIpc) is 2.85. The molecule has 3 N–H and O–H groups in total. The minimum atomic E-state index is -4.38.